The molecule has 0 aromatic heterocycles. The van der Waals surface area contributed by atoms with Gasteiger partial charge in [-0.15, -0.1) is 6.42 Å². The average molecular weight is 166 g/mol. The van der Waals surface area contributed by atoms with Gasteiger partial charge in [0.1, 0.15) is 0 Å². The Bertz CT molecular complexity index is 171. The van der Waals surface area contributed by atoms with Crippen LogP contribution in [0, 0.1) is 12.3 Å². The molecule has 0 aromatic rings. The molecule has 1 heterocycles. The van der Waals surface area contributed by atoms with Crippen molar-refractivity contribution < 1.29 is 0 Å². The van der Waals surface area contributed by atoms with Gasteiger partial charge in [-0.25, -0.2) is 0 Å². The molecule has 0 radical (unpaired) electrons. The minimum atomic E-state index is 0.664. The van der Waals surface area contributed by atoms with E-state index < -0.39 is 0 Å². The van der Waals surface area contributed by atoms with Crippen molar-refractivity contribution in [3.8, 4) is 12.3 Å². The fourth-order valence-corrected chi connectivity index (χ4v) is 1.81. The van der Waals surface area contributed by atoms with Gasteiger partial charge in [0.25, 0.3) is 0 Å². The van der Waals surface area contributed by atoms with E-state index in [1.54, 1.807) is 0 Å². The molecule has 0 N–H and O–H groups in total. The highest BCUT2D eigenvalue weighted by Crippen LogP contribution is 2.07. The maximum atomic E-state index is 5.27. The van der Waals surface area contributed by atoms with Crippen LogP contribution in [-0.2, 0) is 0 Å². The lowest BCUT2D eigenvalue weighted by molar-refractivity contribution is 0.0974. The van der Waals surface area contributed by atoms with E-state index in [9.17, 15) is 0 Å². The number of terminal acetylenes is 1. The van der Waals surface area contributed by atoms with Crippen LogP contribution in [0.5, 0.6) is 0 Å². The number of piperazine rings is 1. The molecule has 1 aliphatic heterocycles. The molecule has 0 spiro atoms. The lowest BCUT2D eigenvalue weighted by Crippen LogP contribution is -2.51. The third-order valence-electron chi connectivity index (χ3n) is 2.57. The molecule has 1 rings (SSSR count). The van der Waals surface area contributed by atoms with Crippen molar-refractivity contribution in [2.75, 3.05) is 32.7 Å². The van der Waals surface area contributed by atoms with Gasteiger partial charge in [0, 0.05) is 25.7 Å². The highest BCUT2D eigenvalue weighted by Gasteiger charge is 2.20. The summed E-state index contributed by atoms with van der Waals surface area (Å²) in [5.74, 6) is 2.70. The summed E-state index contributed by atoms with van der Waals surface area (Å²) < 4.78 is 0. The Morgan fingerprint density at radius 3 is 2.75 bits per heavy atom. The van der Waals surface area contributed by atoms with Crippen LogP contribution in [0.2, 0.25) is 0 Å². The van der Waals surface area contributed by atoms with Gasteiger partial charge in [-0.05, 0) is 13.5 Å². The van der Waals surface area contributed by atoms with Crippen molar-refractivity contribution >= 4 is 0 Å². The molecule has 0 aliphatic carbocycles. The maximum Gasteiger partial charge on any atom is 0.0599 e. The van der Waals surface area contributed by atoms with E-state index in [1.807, 2.05) is 0 Å². The Kier molecular flexibility index (Phi) is 3.58. The van der Waals surface area contributed by atoms with E-state index >= 15 is 0 Å². The van der Waals surface area contributed by atoms with Gasteiger partial charge in [-0.2, -0.15) is 0 Å². The molecule has 1 aliphatic rings. The SMILES string of the molecule is C#CCN1CCN(CC)C(C)C1. The van der Waals surface area contributed by atoms with Gasteiger partial charge in [0.05, 0.1) is 6.54 Å². The third kappa shape index (κ3) is 2.23. The summed E-state index contributed by atoms with van der Waals surface area (Å²) in [5.41, 5.74) is 0. The van der Waals surface area contributed by atoms with E-state index in [4.69, 9.17) is 6.42 Å². The predicted octanol–water partition coefficient (Wildman–Crippen LogP) is 0.646. The number of rotatable bonds is 2. The van der Waals surface area contributed by atoms with Crippen molar-refractivity contribution in [1.82, 2.24) is 9.80 Å². The monoisotopic (exact) mass is 166 g/mol. The van der Waals surface area contributed by atoms with Crippen LogP contribution < -0.4 is 0 Å². The van der Waals surface area contributed by atoms with Crippen molar-refractivity contribution in [1.29, 1.82) is 0 Å². The summed E-state index contributed by atoms with van der Waals surface area (Å²) in [7, 11) is 0. The second kappa shape index (κ2) is 4.49. The summed E-state index contributed by atoms with van der Waals surface area (Å²) >= 11 is 0. The molecule has 0 amide bonds. The van der Waals surface area contributed by atoms with Crippen LogP contribution >= 0.6 is 0 Å². The first-order chi connectivity index (χ1) is 5.77. The Hall–Kier alpha value is -0.520. The topological polar surface area (TPSA) is 6.48 Å². The fraction of sp³-hybridized carbons (Fsp3) is 0.800. The molecule has 0 saturated carbocycles. The van der Waals surface area contributed by atoms with Gasteiger partial charge in [-0.3, -0.25) is 9.80 Å². The van der Waals surface area contributed by atoms with Crippen LogP contribution in [0.15, 0.2) is 0 Å². The normalized spacial score (nSPS) is 26.9. The smallest absolute Gasteiger partial charge is 0.0599 e. The first-order valence-corrected chi connectivity index (χ1v) is 4.67. The Balaban J connectivity index is 2.36. The summed E-state index contributed by atoms with van der Waals surface area (Å²) in [6.07, 6.45) is 5.27. The number of likely N-dealkylation sites (N-methyl/N-ethyl adjacent to an activating group) is 1. The van der Waals surface area contributed by atoms with Gasteiger partial charge in [0.2, 0.25) is 0 Å². The molecule has 2 nitrogen and oxygen atoms in total. The van der Waals surface area contributed by atoms with E-state index in [1.165, 1.54) is 6.54 Å². The highest BCUT2D eigenvalue weighted by molar-refractivity contribution is 4.91. The number of hydrogen-bond acceptors (Lipinski definition) is 2. The molecule has 1 unspecified atom stereocenters. The van der Waals surface area contributed by atoms with Gasteiger partial charge in [-0.1, -0.05) is 12.8 Å². The largest absolute Gasteiger partial charge is 0.298 e. The number of nitrogens with zero attached hydrogens (tertiary/aromatic N) is 2. The zero-order chi connectivity index (χ0) is 8.97. The standard InChI is InChI=1S/C10H18N2/c1-4-6-11-7-8-12(5-2)10(3)9-11/h1,10H,5-9H2,2-3H3. The Labute approximate surface area is 75.5 Å². The molecule has 1 saturated heterocycles. The van der Waals surface area contributed by atoms with E-state index in [0.29, 0.717) is 6.04 Å². The van der Waals surface area contributed by atoms with E-state index in [0.717, 1.165) is 26.2 Å². The molecule has 1 atom stereocenters. The zero-order valence-electron chi connectivity index (χ0n) is 8.08. The van der Waals surface area contributed by atoms with Crippen LogP contribution in [0.25, 0.3) is 0 Å². The molecule has 0 bridgehead atoms. The van der Waals surface area contributed by atoms with Crippen LogP contribution in [0.1, 0.15) is 13.8 Å². The van der Waals surface area contributed by atoms with Gasteiger partial charge in [0.15, 0.2) is 0 Å². The van der Waals surface area contributed by atoms with Gasteiger partial charge < -0.3 is 0 Å². The van der Waals surface area contributed by atoms with Crippen molar-refractivity contribution in [2.24, 2.45) is 0 Å². The minimum absolute atomic E-state index is 0.664. The average Bonchev–Trinajstić information content (AvgIpc) is 2.05. The van der Waals surface area contributed by atoms with E-state index in [2.05, 4.69) is 29.6 Å². The summed E-state index contributed by atoms with van der Waals surface area (Å²) in [5, 5.41) is 0. The molecule has 2 heteroatoms. The van der Waals surface area contributed by atoms with Gasteiger partial charge >= 0.3 is 0 Å². The Morgan fingerprint density at radius 1 is 1.50 bits per heavy atom. The second-order valence-corrected chi connectivity index (χ2v) is 3.42. The second-order valence-electron chi connectivity index (χ2n) is 3.42. The first kappa shape index (κ1) is 9.57. The van der Waals surface area contributed by atoms with Crippen molar-refractivity contribution in [3.63, 3.8) is 0 Å². The fourth-order valence-electron chi connectivity index (χ4n) is 1.81. The lowest BCUT2D eigenvalue weighted by atomic mass is 10.2. The Morgan fingerprint density at radius 2 is 2.25 bits per heavy atom. The van der Waals surface area contributed by atoms with Crippen LogP contribution in [-0.4, -0.2) is 48.6 Å². The molecule has 1 fully saturated rings. The maximum absolute atomic E-state index is 5.27. The van der Waals surface area contributed by atoms with Crippen LogP contribution in [0.4, 0.5) is 0 Å². The van der Waals surface area contributed by atoms with E-state index in [-0.39, 0.29) is 0 Å². The zero-order valence-corrected chi connectivity index (χ0v) is 8.08. The molecule has 68 valence electrons. The molecule has 12 heavy (non-hydrogen) atoms. The van der Waals surface area contributed by atoms with Crippen molar-refractivity contribution in [2.45, 2.75) is 19.9 Å². The summed E-state index contributed by atoms with van der Waals surface area (Å²) in [6.45, 7) is 9.87. The highest BCUT2D eigenvalue weighted by atomic mass is 15.3. The minimum Gasteiger partial charge on any atom is -0.298 e. The molecular formula is C10H18N2. The first-order valence-electron chi connectivity index (χ1n) is 4.67. The quantitative estimate of drug-likeness (QED) is 0.556. The van der Waals surface area contributed by atoms with Crippen molar-refractivity contribution in [3.05, 3.63) is 0 Å². The summed E-state index contributed by atoms with van der Waals surface area (Å²) in [4.78, 5) is 4.84. The predicted molar refractivity (Wildman–Crippen MR) is 52.0 cm³/mol. The summed E-state index contributed by atoms with van der Waals surface area (Å²) in [6, 6.07) is 0.664. The third-order valence-corrected chi connectivity index (χ3v) is 2.57. The molecular weight excluding hydrogens is 148 g/mol. The molecule has 0 aromatic carbocycles. The van der Waals surface area contributed by atoms with Crippen LogP contribution in [0.3, 0.4) is 0 Å². The number of hydrogen-bond donors (Lipinski definition) is 0. The lowest BCUT2D eigenvalue weighted by Gasteiger charge is -2.38.